The van der Waals surface area contributed by atoms with Crippen molar-refractivity contribution in [2.24, 2.45) is 10.9 Å². The fourth-order valence-electron chi connectivity index (χ4n) is 3.41. The summed E-state index contributed by atoms with van der Waals surface area (Å²) in [4.78, 5) is 6.47. The average Bonchev–Trinajstić information content (AvgIpc) is 2.99. The van der Waals surface area contributed by atoms with E-state index in [2.05, 4.69) is 27.6 Å². The number of nitrogens with zero attached hydrogens (tertiary/aromatic N) is 3. The van der Waals surface area contributed by atoms with E-state index in [1.165, 1.54) is 6.42 Å². The summed E-state index contributed by atoms with van der Waals surface area (Å²) < 4.78 is 61.1. The van der Waals surface area contributed by atoms with E-state index in [1.807, 2.05) is 0 Å². The van der Waals surface area contributed by atoms with Crippen LogP contribution in [0.3, 0.4) is 0 Å². The van der Waals surface area contributed by atoms with E-state index in [4.69, 9.17) is 0 Å². The third-order valence-corrected chi connectivity index (χ3v) is 6.79. The molecule has 0 bridgehead atoms. The molecule has 1 unspecified atom stereocenters. The highest BCUT2D eigenvalue weighted by atomic mass is 127. The molecule has 0 saturated carbocycles. The smallest absolute Gasteiger partial charge is 0.356 e. The number of likely N-dealkylation sites (N-methyl/N-ethyl adjacent to an activating group) is 1. The third kappa shape index (κ3) is 6.60. The number of rotatable bonds is 5. The van der Waals surface area contributed by atoms with E-state index in [-0.39, 0.29) is 43.0 Å². The molecular weight excluding hydrogens is 498 g/mol. The van der Waals surface area contributed by atoms with Gasteiger partial charge in [-0.15, -0.1) is 24.0 Å². The number of hydrogen-bond acceptors (Lipinski definition) is 4. The van der Waals surface area contributed by atoms with Crippen LogP contribution in [0.15, 0.2) is 4.99 Å². The molecule has 160 valence electrons. The first-order chi connectivity index (χ1) is 12.1. The zero-order valence-electron chi connectivity index (χ0n) is 15.6. The van der Waals surface area contributed by atoms with Crippen molar-refractivity contribution in [3.63, 3.8) is 0 Å². The SMILES string of the molecule is CN=C(NCC1CCN(S(=O)(=O)C(F)(F)F)CC1)NCC1CCCN1C.I. The molecule has 7 nitrogen and oxygen atoms in total. The van der Waals surface area contributed by atoms with Gasteiger partial charge in [0, 0.05) is 39.3 Å². The number of hydrogen-bond donors (Lipinski definition) is 2. The number of sulfonamides is 1. The van der Waals surface area contributed by atoms with Crippen LogP contribution < -0.4 is 10.6 Å². The van der Waals surface area contributed by atoms with Gasteiger partial charge in [-0.3, -0.25) is 4.99 Å². The molecule has 12 heteroatoms. The van der Waals surface area contributed by atoms with Crippen molar-refractivity contribution in [3.8, 4) is 0 Å². The van der Waals surface area contributed by atoms with E-state index in [1.54, 1.807) is 7.05 Å². The lowest BCUT2D eigenvalue weighted by Gasteiger charge is -2.32. The van der Waals surface area contributed by atoms with Crippen molar-refractivity contribution in [2.45, 2.75) is 37.2 Å². The standard InChI is InChI=1S/C15H28F3N5O2S.HI/c1-19-14(21-11-13-4-3-7-22(13)2)20-10-12-5-8-23(9-6-12)26(24,25)15(16,17)18;/h12-13H,3-11H2,1-2H3,(H2,19,20,21);1H. The molecule has 2 fully saturated rings. The summed E-state index contributed by atoms with van der Waals surface area (Å²) in [6.45, 7) is 2.23. The minimum absolute atomic E-state index is 0. The molecule has 2 heterocycles. The van der Waals surface area contributed by atoms with Gasteiger partial charge < -0.3 is 15.5 Å². The maximum Gasteiger partial charge on any atom is 0.511 e. The Bertz CT molecular complexity index is 595. The number of guanidine groups is 1. The zero-order valence-corrected chi connectivity index (χ0v) is 18.8. The van der Waals surface area contributed by atoms with Gasteiger partial charge in [-0.1, -0.05) is 0 Å². The van der Waals surface area contributed by atoms with Crippen LogP contribution in [0.4, 0.5) is 13.2 Å². The van der Waals surface area contributed by atoms with Crippen molar-refractivity contribution in [2.75, 3.05) is 46.8 Å². The summed E-state index contributed by atoms with van der Waals surface area (Å²) in [6.07, 6.45) is 3.12. The quantitative estimate of drug-likeness (QED) is 0.322. The van der Waals surface area contributed by atoms with Crippen LogP contribution in [0.1, 0.15) is 25.7 Å². The van der Waals surface area contributed by atoms with Gasteiger partial charge in [0.1, 0.15) is 0 Å². The van der Waals surface area contributed by atoms with Gasteiger partial charge in [0.2, 0.25) is 0 Å². The minimum Gasteiger partial charge on any atom is -0.356 e. The highest BCUT2D eigenvalue weighted by Gasteiger charge is 2.50. The Balaban J connectivity index is 0.00000364. The first-order valence-corrected chi connectivity index (χ1v) is 10.3. The van der Waals surface area contributed by atoms with Crippen LogP contribution in [0.5, 0.6) is 0 Å². The van der Waals surface area contributed by atoms with Crippen molar-refractivity contribution < 1.29 is 21.6 Å². The highest BCUT2D eigenvalue weighted by Crippen LogP contribution is 2.30. The number of alkyl halides is 3. The van der Waals surface area contributed by atoms with E-state index in [0.717, 1.165) is 19.5 Å². The summed E-state index contributed by atoms with van der Waals surface area (Å²) in [6, 6.07) is 0.476. The monoisotopic (exact) mass is 527 g/mol. The molecule has 2 aliphatic heterocycles. The molecule has 2 N–H and O–H groups in total. The van der Waals surface area contributed by atoms with Gasteiger partial charge in [-0.2, -0.15) is 17.5 Å². The molecule has 0 aromatic rings. The molecule has 0 aromatic heterocycles. The Morgan fingerprint density at radius 1 is 1.11 bits per heavy atom. The van der Waals surface area contributed by atoms with Crippen LogP contribution in [0.2, 0.25) is 0 Å². The van der Waals surface area contributed by atoms with Crippen molar-refractivity contribution in [1.82, 2.24) is 19.8 Å². The lowest BCUT2D eigenvalue weighted by molar-refractivity contribution is -0.0496. The van der Waals surface area contributed by atoms with Gasteiger partial charge >= 0.3 is 15.5 Å². The van der Waals surface area contributed by atoms with E-state index >= 15 is 0 Å². The molecule has 0 aromatic carbocycles. The second-order valence-electron chi connectivity index (χ2n) is 6.90. The normalized spacial score (nSPS) is 23.9. The van der Waals surface area contributed by atoms with Gasteiger partial charge in [0.15, 0.2) is 5.96 Å². The summed E-state index contributed by atoms with van der Waals surface area (Å²) in [7, 11) is -1.44. The van der Waals surface area contributed by atoms with Crippen LogP contribution in [0.25, 0.3) is 0 Å². The lowest BCUT2D eigenvalue weighted by Crippen LogP contribution is -2.48. The van der Waals surface area contributed by atoms with Crippen molar-refractivity contribution in [1.29, 1.82) is 0 Å². The van der Waals surface area contributed by atoms with Crippen molar-refractivity contribution in [3.05, 3.63) is 0 Å². The molecule has 2 aliphatic rings. The summed E-state index contributed by atoms with van der Waals surface area (Å²) in [5, 5.41) is 6.47. The van der Waals surface area contributed by atoms with Crippen LogP contribution in [-0.2, 0) is 10.0 Å². The molecule has 0 radical (unpaired) electrons. The molecular formula is C15H29F3IN5O2S. The predicted octanol–water partition coefficient (Wildman–Crippen LogP) is 1.43. The molecule has 0 spiro atoms. The van der Waals surface area contributed by atoms with E-state index in [0.29, 0.717) is 35.7 Å². The highest BCUT2D eigenvalue weighted by molar-refractivity contribution is 14.0. The Kier molecular flexibility index (Phi) is 9.55. The van der Waals surface area contributed by atoms with Crippen molar-refractivity contribution >= 4 is 40.0 Å². The molecule has 0 aliphatic carbocycles. The number of piperidine rings is 1. The maximum atomic E-state index is 12.6. The lowest BCUT2D eigenvalue weighted by atomic mass is 9.98. The number of likely N-dealkylation sites (tertiary alicyclic amines) is 1. The second-order valence-corrected chi connectivity index (χ2v) is 8.83. The summed E-state index contributed by atoms with van der Waals surface area (Å²) in [5.74, 6) is 0.776. The average molecular weight is 527 g/mol. The molecule has 0 amide bonds. The first-order valence-electron chi connectivity index (χ1n) is 8.86. The number of halogens is 4. The Morgan fingerprint density at radius 3 is 2.19 bits per heavy atom. The third-order valence-electron chi connectivity index (χ3n) is 5.16. The van der Waals surface area contributed by atoms with Gasteiger partial charge in [0.25, 0.3) is 0 Å². The Labute approximate surface area is 176 Å². The number of aliphatic imine (C=N–C) groups is 1. The van der Waals surface area contributed by atoms with Crippen LogP contribution in [-0.4, -0.2) is 82.0 Å². The molecule has 2 rings (SSSR count). The van der Waals surface area contributed by atoms with Gasteiger partial charge in [-0.05, 0) is 45.2 Å². The number of nitrogens with one attached hydrogen (secondary N) is 2. The van der Waals surface area contributed by atoms with Gasteiger partial charge in [-0.25, -0.2) is 8.42 Å². The molecule has 1 atom stereocenters. The summed E-state index contributed by atoms with van der Waals surface area (Å²) in [5.41, 5.74) is -5.22. The zero-order chi connectivity index (χ0) is 19.4. The molecule has 27 heavy (non-hydrogen) atoms. The predicted molar refractivity (Wildman–Crippen MR) is 110 cm³/mol. The topological polar surface area (TPSA) is 77.0 Å². The minimum atomic E-state index is -5.22. The first kappa shape index (κ1) is 24.7. The Hall–Kier alpha value is -0.340. The van der Waals surface area contributed by atoms with E-state index < -0.39 is 15.5 Å². The fourth-order valence-corrected chi connectivity index (χ4v) is 4.40. The fraction of sp³-hybridized carbons (Fsp3) is 0.933. The van der Waals surface area contributed by atoms with E-state index in [9.17, 15) is 21.6 Å². The second kappa shape index (κ2) is 10.4. The largest absolute Gasteiger partial charge is 0.511 e. The van der Waals surface area contributed by atoms with Crippen LogP contribution >= 0.6 is 24.0 Å². The Morgan fingerprint density at radius 2 is 1.70 bits per heavy atom. The summed E-state index contributed by atoms with van der Waals surface area (Å²) >= 11 is 0. The molecule has 2 saturated heterocycles. The van der Waals surface area contributed by atoms with Gasteiger partial charge in [0.05, 0.1) is 0 Å². The maximum absolute atomic E-state index is 12.6. The van der Waals surface area contributed by atoms with Crippen LogP contribution in [0, 0.1) is 5.92 Å².